The van der Waals surface area contributed by atoms with Crippen LogP contribution in [-0.4, -0.2) is 3.97 Å². The van der Waals surface area contributed by atoms with Crippen LogP contribution in [0.25, 0.3) is 0 Å². The third-order valence-electron chi connectivity index (χ3n) is 2.85. The zero-order valence-electron chi connectivity index (χ0n) is 11.2. The van der Waals surface area contributed by atoms with Gasteiger partial charge >= 0.3 is 133 Å². The molecule has 0 N–H and O–H groups in total. The molecule has 0 radical (unpaired) electrons. The Bertz CT molecular complexity index is 760. The minimum absolute atomic E-state index is 1.02. The van der Waals surface area contributed by atoms with Crippen LogP contribution >= 0.6 is 19.0 Å². The minimum atomic E-state index is -1.85. The standard InChI is InChI=1S/C7H4N2.C6H5.C3H7.Ag.HI/c1-2-4-7-6(3-1)8-5-9-7;1-2-4-6-5-3-1;1-3-2;;/h1-4H;1-5H;1,3H2,2H3;;1H/q;;;+1;/p-1. The Kier molecular flexibility index (Phi) is 4.31. The van der Waals surface area contributed by atoms with Crippen molar-refractivity contribution >= 4 is 26.8 Å². The number of nitrogens with zero attached hydrogens (tertiary/aromatic N) is 2. The maximum absolute atomic E-state index is 4.82. The van der Waals surface area contributed by atoms with Gasteiger partial charge < -0.3 is 0 Å². The van der Waals surface area contributed by atoms with Gasteiger partial charge in [0.25, 0.3) is 0 Å². The number of hydrogen-bond acceptors (Lipinski definition) is 2. The molecule has 1 aliphatic rings. The second kappa shape index (κ2) is 6.02. The van der Waals surface area contributed by atoms with Crippen molar-refractivity contribution in [3.63, 3.8) is 0 Å². The summed E-state index contributed by atoms with van der Waals surface area (Å²) in [5.74, 6) is 0. The molecule has 4 heteroatoms. The van der Waals surface area contributed by atoms with E-state index < -0.39 is 12.8 Å². The molecule has 0 amide bonds. The molecule has 0 aromatic heterocycles. The van der Waals surface area contributed by atoms with Crippen molar-refractivity contribution in [3.8, 4) is 0 Å². The first-order valence-corrected chi connectivity index (χ1v) is 13.4. The van der Waals surface area contributed by atoms with Gasteiger partial charge in [0.15, 0.2) is 0 Å². The zero-order valence-corrected chi connectivity index (χ0v) is 14.8. The van der Waals surface area contributed by atoms with Gasteiger partial charge in [-0.1, -0.05) is 0 Å². The summed E-state index contributed by atoms with van der Waals surface area (Å²) >= 11 is 0.806. The molecule has 2 aromatic rings. The van der Waals surface area contributed by atoms with E-state index in [-0.39, 0.29) is 0 Å². The summed E-state index contributed by atoms with van der Waals surface area (Å²) in [4.78, 5) is 9.65. The average molecular weight is 471 g/mol. The Balaban J connectivity index is 2.27. The summed E-state index contributed by atoms with van der Waals surface area (Å²) in [6, 6.07) is 18.9. The molecule has 0 fully saturated rings. The predicted molar refractivity (Wildman–Crippen MR) is 89.0 cm³/mol. The Morgan fingerprint density at radius 1 is 0.900 bits per heavy atom. The third-order valence-corrected chi connectivity index (χ3v) is 13.7. The van der Waals surface area contributed by atoms with E-state index in [0.29, 0.717) is 0 Å². The van der Waals surface area contributed by atoms with Gasteiger partial charge in [-0.25, -0.2) is 0 Å². The topological polar surface area (TPSA) is 24.7 Å². The molecule has 0 aliphatic carbocycles. The monoisotopic (exact) mass is 470 g/mol. The van der Waals surface area contributed by atoms with Gasteiger partial charge in [0.2, 0.25) is 0 Å². The molecule has 20 heavy (non-hydrogen) atoms. The molecule has 108 valence electrons. The first kappa shape index (κ1) is 14.3. The Morgan fingerprint density at radius 2 is 1.45 bits per heavy atom. The van der Waals surface area contributed by atoms with Crippen LogP contribution in [0.5, 0.6) is 0 Å². The molecule has 0 saturated carbocycles. The molecule has 1 unspecified atom stereocenters. The molecule has 1 heterocycles. The van der Waals surface area contributed by atoms with Crippen LogP contribution in [0.1, 0.15) is 13.3 Å². The van der Waals surface area contributed by atoms with Crippen LogP contribution in [0.2, 0.25) is 4.64 Å². The van der Waals surface area contributed by atoms with Gasteiger partial charge in [-0.05, 0) is 0 Å². The van der Waals surface area contributed by atoms with E-state index in [1.807, 2.05) is 12.1 Å². The quantitative estimate of drug-likeness (QED) is 0.486. The van der Waals surface area contributed by atoms with Crippen molar-refractivity contribution in [2.24, 2.45) is 9.98 Å². The number of rotatable bonds is 3. The Labute approximate surface area is 132 Å². The summed E-state index contributed by atoms with van der Waals surface area (Å²) in [7, 11) is 0. The number of halogens is 1. The van der Waals surface area contributed by atoms with Crippen molar-refractivity contribution in [2.45, 2.75) is 18.0 Å². The van der Waals surface area contributed by atoms with Gasteiger partial charge in [0.1, 0.15) is 0 Å². The summed E-state index contributed by atoms with van der Waals surface area (Å²) in [6.45, 7) is 2.24. The van der Waals surface area contributed by atoms with Crippen molar-refractivity contribution in [1.82, 2.24) is 0 Å². The first-order chi connectivity index (χ1) is 9.74. The number of fused-ring (bicyclic) bond motifs is 1. The molecular formula is C16H16AgIN2. The third kappa shape index (κ3) is 2.60. The summed E-state index contributed by atoms with van der Waals surface area (Å²) in [5, 5.41) is 2.03. The van der Waals surface area contributed by atoms with Gasteiger partial charge in [0.05, 0.1) is 0 Å². The SMILES string of the molecule is CC[CH2][Ag]([I])(=[C]1N=c2ccccc2=N1)[c]1ccccc1. The molecule has 2 nitrogen and oxygen atoms in total. The van der Waals surface area contributed by atoms with Crippen LogP contribution < -0.4 is 14.5 Å². The van der Waals surface area contributed by atoms with E-state index in [0.717, 1.165) is 21.1 Å². The fourth-order valence-corrected chi connectivity index (χ4v) is 10.1. The summed E-state index contributed by atoms with van der Waals surface area (Å²) in [5.41, 5.74) is 0. The molecule has 3 rings (SSSR count). The predicted octanol–water partition coefficient (Wildman–Crippen LogP) is 2.68. The van der Waals surface area contributed by atoms with Gasteiger partial charge in [-0.2, -0.15) is 0 Å². The number of para-hydroxylation sites is 2. The summed E-state index contributed by atoms with van der Waals surface area (Å²) in [6.07, 6.45) is 1.16. The normalized spacial score (nSPS) is 17.6. The van der Waals surface area contributed by atoms with E-state index in [4.69, 9.17) is 9.98 Å². The van der Waals surface area contributed by atoms with Gasteiger partial charge in [-0.15, -0.1) is 0 Å². The summed E-state index contributed by atoms with van der Waals surface area (Å²) < 4.78 is 3.65. The fraction of sp³-hybridized carbons (Fsp3) is 0.188. The van der Waals surface area contributed by atoms with E-state index >= 15 is 0 Å². The van der Waals surface area contributed by atoms with Crippen molar-refractivity contribution in [3.05, 3.63) is 65.3 Å². The average Bonchev–Trinajstić information content (AvgIpc) is 2.93. The van der Waals surface area contributed by atoms with E-state index in [1.54, 1.807) is 0 Å². The molecule has 1 aliphatic heterocycles. The van der Waals surface area contributed by atoms with Gasteiger partial charge in [-0.3, -0.25) is 0 Å². The van der Waals surface area contributed by atoms with E-state index in [2.05, 4.69) is 68.4 Å². The van der Waals surface area contributed by atoms with Crippen LogP contribution in [0, 0.1) is 0 Å². The van der Waals surface area contributed by atoms with Crippen molar-refractivity contribution in [2.75, 3.05) is 0 Å². The van der Waals surface area contributed by atoms with E-state index in [1.165, 1.54) is 8.42 Å². The molecule has 2 aromatic carbocycles. The molecular weight excluding hydrogens is 455 g/mol. The van der Waals surface area contributed by atoms with Gasteiger partial charge in [0, 0.05) is 0 Å². The van der Waals surface area contributed by atoms with Crippen LogP contribution in [0.4, 0.5) is 0 Å². The Hall–Kier alpha value is -0.620. The van der Waals surface area contributed by atoms with Crippen molar-refractivity contribution in [1.29, 1.82) is 0 Å². The number of benzene rings is 2. The second-order valence-electron chi connectivity index (χ2n) is 4.33. The zero-order chi connectivity index (χ0) is 14.0. The molecule has 0 saturated heterocycles. The van der Waals surface area contributed by atoms with E-state index in [9.17, 15) is 0 Å². The molecule has 0 bridgehead atoms. The van der Waals surface area contributed by atoms with Crippen LogP contribution in [0.3, 0.4) is 0 Å². The maximum atomic E-state index is 4.82. The van der Waals surface area contributed by atoms with Crippen LogP contribution in [-0.2, 0) is 12.8 Å². The first-order valence-electron chi connectivity index (χ1n) is 6.47. The fourth-order valence-electron chi connectivity index (χ4n) is 1.96. The Morgan fingerprint density at radius 3 is 2.00 bits per heavy atom. The van der Waals surface area contributed by atoms with Crippen LogP contribution in [0.15, 0.2) is 64.6 Å². The number of hydrogen-bond donors (Lipinski definition) is 0. The second-order valence-corrected chi connectivity index (χ2v) is 15.5. The molecule has 0 spiro atoms. The van der Waals surface area contributed by atoms with Crippen molar-refractivity contribution < 1.29 is 12.8 Å². The molecule has 1 atom stereocenters.